The Morgan fingerprint density at radius 3 is 2.61 bits per heavy atom. The zero-order valence-electron chi connectivity index (χ0n) is 12.0. The van der Waals surface area contributed by atoms with Crippen molar-refractivity contribution in [3.8, 4) is 5.75 Å². The molecule has 0 aliphatic carbocycles. The van der Waals surface area contributed by atoms with Crippen LogP contribution < -0.4 is 4.74 Å². The van der Waals surface area contributed by atoms with Gasteiger partial charge in [-0.15, -0.1) is 0 Å². The average Bonchev–Trinajstić information content (AvgIpc) is 2.89. The fourth-order valence-corrected chi connectivity index (χ4v) is 3.10. The lowest BCUT2D eigenvalue weighted by Gasteiger charge is -2.03. The Morgan fingerprint density at radius 1 is 1.13 bits per heavy atom. The first kappa shape index (κ1) is 16.0. The first-order valence-corrected chi connectivity index (χ1v) is 8.28. The van der Waals surface area contributed by atoms with Crippen molar-refractivity contribution in [2.45, 2.75) is 0 Å². The van der Waals surface area contributed by atoms with Gasteiger partial charge in [0.15, 0.2) is 5.70 Å². The molecule has 6 heteroatoms. The summed E-state index contributed by atoms with van der Waals surface area (Å²) in [5.41, 5.74) is 1.81. The second-order valence-corrected chi connectivity index (χ2v) is 6.42. The molecule has 4 nitrogen and oxygen atoms in total. The highest BCUT2D eigenvalue weighted by atomic mass is 79.9. The fourth-order valence-electron chi connectivity index (χ4n) is 2.09. The third kappa shape index (κ3) is 3.38. The van der Waals surface area contributed by atoms with Crippen LogP contribution in [0.4, 0.5) is 0 Å². The van der Waals surface area contributed by atoms with Gasteiger partial charge in [0.25, 0.3) is 0 Å². The van der Waals surface area contributed by atoms with E-state index in [0.29, 0.717) is 5.90 Å². The van der Waals surface area contributed by atoms with Crippen LogP contribution >= 0.6 is 31.9 Å². The number of esters is 1. The van der Waals surface area contributed by atoms with E-state index in [1.807, 2.05) is 42.5 Å². The summed E-state index contributed by atoms with van der Waals surface area (Å²) in [5.74, 6) is 0.544. The number of aliphatic imine (C=N–C) groups is 1. The number of hydrogen-bond acceptors (Lipinski definition) is 4. The van der Waals surface area contributed by atoms with Crippen molar-refractivity contribution in [1.82, 2.24) is 0 Å². The van der Waals surface area contributed by atoms with E-state index in [4.69, 9.17) is 9.47 Å². The Labute approximate surface area is 150 Å². The number of rotatable bonds is 3. The maximum Gasteiger partial charge on any atom is 0.363 e. The molecule has 1 aliphatic rings. The molecule has 1 aliphatic heterocycles. The van der Waals surface area contributed by atoms with E-state index in [1.54, 1.807) is 13.2 Å². The largest absolute Gasteiger partial charge is 0.496 e. The minimum atomic E-state index is -0.470. The average molecular weight is 437 g/mol. The van der Waals surface area contributed by atoms with Crippen LogP contribution in [0.15, 0.2) is 62.1 Å². The molecule has 1 heterocycles. The van der Waals surface area contributed by atoms with E-state index in [0.717, 1.165) is 25.8 Å². The predicted octanol–water partition coefficient (Wildman–Crippen LogP) is 4.56. The molecule has 0 amide bonds. The highest BCUT2D eigenvalue weighted by Crippen LogP contribution is 2.28. The van der Waals surface area contributed by atoms with E-state index in [1.165, 1.54) is 0 Å². The summed E-state index contributed by atoms with van der Waals surface area (Å²) < 4.78 is 12.1. The van der Waals surface area contributed by atoms with Crippen molar-refractivity contribution in [3.05, 3.63) is 68.2 Å². The minimum absolute atomic E-state index is 0.257. The monoisotopic (exact) mass is 435 g/mol. The normalized spacial score (nSPS) is 15.5. The molecule has 0 unspecified atom stereocenters. The van der Waals surface area contributed by atoms with Crippen LogP contribution in [0.25, 0.3) is 6.08 Å². The van der Waals surface area contributed by atoms with E-state index >= 15 is 0 Å². The molecule has 0 spiro atoms. The lowest BCUT2D eigenvalue weighted by Crippen LogP contribution is -2.05. The van der Waals surface area contributed by atoms with Gasteiger partial charge in [-0.1, -0.05) is 18.2 Å². The van der Waals surface area contributed by atoms with Crippen LogP contribution in [0.1, 0.15) is 11.1 Å². The zero-order chi connectivity index (χ0) is 16.4. The summed E-state index contributed by atoms with van der Waals surface area (Å²) in [7, 11) is 1.60. The number of benzene rings is 2. The smallest absolute Gasteiger partial charge is 0.363 e. The van der Waals surface area contributed by atoms with Crippen LogP contribution in [-0.4, -0.2) is 19.0 Å². The number of carbonyl (C=O) groups excluding carboxylic acids is 1. The molecule has 0 atom stereocenters. The van der Waals surface area contributed by atoms with Crippen LogP contribution in [0.5, 0.6) is 5.75 Å². The second-order valence-electron chi connectivity index (χ2n) is 4.71. The first-order chi connectivity index (χ1) is 11.1. The summed E-state index contributed by atoms with van der Waals surface area (Å²) in [6, 6.07) is 13.0. The SMILES string of the molecule is COc1ccc(/C=C2\N=C(c3ccccc3Br)OC2=O)cc1Br. The predicted molar refractivity (Wildman–Crippen MR) is 95.4 cm³/mol. The van der Waals surface area contributed by atoms with Gasteiger partial charge in [-0.3, -0.25) is 0 Å². The maximum absolute atomic E-state index is 12.0. The molecule has 0 N–H and O–H groups in total. The Morgan fingerprint density at radius 2 is 1.91 bits per heavy atom. The van der Waals surface area contributed by atoms with Crippen LogP contribution in [-0.2, 0) is 9.53 Å². The van der Waals surface area contributed by atoms with E-state index in [-0.39, 0.29) is 5.70 Å². The molecule has 0 bridgehead atoms. The van der Waals surface area contributed by atoms with Gasteiger partial charge in [0.2, 0.25) is 5.90 Å². The first-order valence-electron chi connectivity index (χ1n) is 6.69. The summed E-state index contributed by atoms with van der Waals surface area (Å²) in [4.78, 5) is 16.3. The standard InChI is InChI=1S/C17H11Br2NO3/c1-22-15-7-6-10(8-13(15)19)9-14-17(21)23-16(20-14)11-4-2-3-5-12(11)18/h2-9H,1H3/b14-9-. The molecule has 0 fully saturated rings. The Balaban J connectivity index is 1.95. The lowest BCUT2D eigenvalue weighted by molar-refractivity contribution is -0.129. The highest BCUT2D eigenvalue weighted by Gasteiger charge is 2.25. The van der Waals surface area contributed by atoms with Gasteiger partial charge >= 0.3 is 5.97 Å². The zero-order valence-corrected chi connectivity index (χ0v) is 15.2. The van der Waals surface area contributed by atoms with Crippen molar-refractivity contribution in [2.75, 3.05) is 7.11 Å². The van der Waals surface area contributed by atoms with Gasteiger partial charge < -0.3 is 9.47 Å². The molecule has 116 valence electrons. The van der Waals surface area contributed by atoms with Gasteiger partial charge in [0.05, 0.1) is 17.1 Å². The van der Waals surface area contributed by atoms with Crippen molar-refractivity contribution >= 4 is 49.8 Å². The molecular weight excluding hydrogens is 426 g/mol. The number of nitrogens with zero attached hydrogens (tertiary/aromatic N) is 1. The molecular formula is C17H11Br2NO3. The third-order valence-electron chi connectivity index (χ3n) is 3.20. The van der Waals surface area contributed by atoms with Crippen molar-refractivity contribution in [1.29, 1.82) is 0 Å². The van der Waals surface area contributed by atoms with Crippen LogP contribution in [0.2, 0.25) is 0 Å². The molecule has 0 saturated carbocycles. The van der Waals surface area contributed by atoms with Gasteiger partial charge in [0.1, 0.15) is 5.75 Å². The molecule has 0 aromatic heterocycles. The maximum atomic E-state index is 12.0. The minimum Gasteiger partial charge on any atom is -0.496 e. The lowest BCUT2D eigenvalue weighted by atomic mass is 10.2. The fraction of sp³-hybridized carbons (Fsp3) is 0.0588. The van der Waals surface area contributed by atoms with Crippen LogP contribution in [0.3, 0.4) is 0 Å². The third-order valence-corrected chi connectivity index (χ3v) is 4.52. The molecule has 2 aromatic rings. The summed E-state index contributed by atoms with van der Waals surface area (Å²) in [5, 5.41) is 0. The Kier molecular flexibility index (Phi) is 4.63. The van der Waals surface area contributed by atoms with E-state index in [9.17, 15) is 4.79 Å². The van der Waals surface area contributed by atoms with Crippen LogP contribution in [0, 0.1) is 0 Å². The number of carbonyl (C=O) groups is 1. The Bertz CT molecular complexity index is 843. The number of methoxy groups -OCH3 is 1. The number of cyclic esters (lactones) is 1. The quantitative estimate of drug-likeness (QED) is 0.523. The van der Waals surface area contributed by atoms with Gasteiger partial charge in [-0.05, 0) is 67.8 Å². The number of hydrogen-bond donors (Lipinski definition) is 0. The van der Waals surface area contributed by atoms with Gasteiger partial charge in [0, 0.05) is 4.47 Å². The van der Waals surface area contributed by atoms with Crippen molar-refractivity contribution in [2.24, 2.45) is 4.99 Å². The van der Waals surface area contributed by atoms with Crippen molar-refractivity contribution in [3.63, 3.8) is 0 Å². The molecule has 23 heavy (non-hydrogen) atoms. The molecule has 0 saturated heterocycles. The molecule has 3 rings (SSSR count). The number of ether oxygens (including phenoxy) is 2. The molecule has 2 aromatic carbocycles. The van der Waals surface area contributed by atoms with Crippen molar-refractivity contribution < 1.29 is 14.3 Å². The summed E-state index contributed by atoms with van der Waals surface area (Å²) >= 11 is 6.84. The highest BCUT2D eigenvalue weighted by molar-refractivity contribution is 9.10. The topological polar surface area (TPSA) is 47.9 Å². The van der Waals surface area contributed by atoms with Gasteiger partial charge in [-0.25, -0.2) is 9.79 Å². The summed E-state index contributed by atoms with van der Waals surface area (Å²) in [6.45, 7) is 0. The second kappa shape index (κ2) is 6.68. The van der Waals surface area contributed by atoms with E-state index in [2.05, 4.69) is 36.9 Å². The molecule has 0 radical (unpaired) electrons. The van der Waals surface area contributed by atoms with Gasteiger partial charge in [-0.2, -0.15) is 0 Å². The van der Waals surface area contributed by atoms with E-state index < -0.39 is 5.97 Å². The Hall–Kier alpha value is -1.92. The summed E-state index contributed by atoms with van der Waals surface area (Å²) in [6.07, 6.45) is 1.68. The number of halogens is 2.